The normalized spacial score (nSPS) is 10.5. The Bertz CT molecular complexity index is 609. The van der Waals surface area contributed by atoms with Gasteiger partial charge < -0.3 is 4.90 Å². The molecular weight excluding hydrogens is 280 g/mol. The topological polar surface area (TPSA) is 33.2 Å². The van der Waals surface area contributed by atoms with Crippen molar-refractivity contribution in [2.75, 3.05) is 11.9 Å². The van der Waals surface area contributed by atoms with Crippen molar-refractivity contribution in [2.45, 2.75) is 20.4 Å². The molecule has 1 heterocycles. The number of anilines is 1. The lowest BCUT2D eigenvalue weighted by atomic mass is 10.1. The Labute approximate surface area is 121 Å². The summed E-state index contributed by atoms with van der Waals surface area (Å²) in [5, 5.41) is 3.61. The van der Waals surface area contributed by atoms with Crippen molar-refractivity contribution in [2.24, 2.45) is 0 Å². The Kier molecular flexibility index (Phi) is 4.22. The zero-order chi connectivity index (χ0) is 14.0. The van der Waals surface area contributed by atoms with E-state index in [-0.39, 0.29) is 5.78 Å². The molecule has 0 spiro atoms. The second kappa shape index (κ2) is 5.72. The van der Waals surface area contributed by atoms with Crippen molar-refractivity contribution >= 4 is 34.4 Å². The summed E-state index contributed by atoms with van der Waals surface area (Å²) >= 11 is 7.76. The number of thiazole rings is 1. The molecular formula is C14H15ClN2OS. The van der Waals surface area contributed by atoms with Gasteiger partial charge in [-0.05, 0) is 32.0 Å². The third-order valence-corrected chi connectivity index (χ3v) is 3.97. The molecule has 0 radical (unpaired) electrons. The van der Waals surface area contributed by atoms with E-state index >= 15 is 0 Å². The van der Waals surface area contributed by atoms with Gasteiger partial charge in [-0.25, -0.2) is 4.98 Å². The van der Waals surface area contributed by atoms with Crippen LogP contribution in [0.2, 0.25) is 5.02 Å². The number of rotatable bonds is 4. The fraction of sp³-hybridized carbons (Fsp3) is 0.286. The molecule has 0 N–H and O–H groups in total. The SMILES string of the molecule is CC(=O)c1ccc(N(C)Cc2csc(C)n2)cc1Cl. The average molecular weight is 295 g/mol. The van der Waals surface area contributed by atoms with Crippen LogP contribution in [-0.2, 0) is 6.54 Å². The lowest BCUT2D eigenvalue weighted by molar-refractivity contribution is 0.101. The number of ketones is 1. The van der Waals surface area contributed by atoms with Gasteiger partial charge in [0.15, 0.2) is 5.78 Å². The minimum Gasteiger partial charge on any atom is -0.369 e. The Morgan fingerprint density at radius 3 is 2.74 bits per heavy atom. The molecule has 100 valence electrons. The van der Waals surface area contributed by atoms with Crippen LogP contribution in [0.1, 0.15) is 28.0 Å². The van der Waals surface area contributed by atoms with Crippen LogP contribution < -0.4 is 4.90 Å². The molecule has 0 atom stereocenters. The molecule has 0 saturated carbocycles. The van der Waals surface area contributed by atoms with Gasteiger partial charge in [-0.1, -0.05) is 11.6 Å². The van der Waals surface area contributed by atoms with Crippen LogP contribution in [0.5, 0.6) is 0 Å². The molecule has 0 fully saturated rings. The van der Waals surface area contributed by atoms with E-state index < -0.39 is 0 Å². The van der Waals surface area contributed by atoms with Gasteiger partial charge in [-0.3, -0.25) is 4.79 Å². The molecule has 0 bridgehead atoms. The second-order valence-electron chi connectivity index (χ2n) is 4.43. The summed E-state index contributed by atoms with van der Waals surface area (Å²) in [5.74, 6) is -0.0191. The van der Waals surface area contributed by atoms with Crippen molar-refractivity contribution < 1.29 is 4.79 Å². The van der Waals surface area contributed by atoms with Gasteiger partial charge in [0, 0.05) is 23.7 Å². The zero-order valence-corrected chi connectivity index (χ0v) is 12.7. The first-order valence-electron chi connectivity index (χ1n) is 5.90. The summed E-state index contributed by atoms with van der Waals surface area (Å²) in [6.45, 7) is 4.23. The first-order chi connectivity index (χ1) is 8.97. The minimum atomic E-state index is -0.0191. The van der Waals surface area contributed by atoms with Gasteiger partial charge in [0.05, 0.1) is 22.3 Å². The lowest BCUT2D eigenvalue weighted by Crippen LogP contribution is -2.16. The maximum atomic E-state index is 11.3. The summed E-state index contributed by atoms with van der Waals surface area (Å²) in [6.07, 6.45) is 0. The molecule has 0 saturated heterocycles. The van der Waals surface area contributed by atoms with E-state index in [1.165, 1.54) is 6.92 Å². The molecule has 5 heteroatoms. The number of carbonyl (C=O) groups is 1. The maximum absolute atomic E-state index is 11.3. The molecule has 2 aromatic rings. The Balaban J connectivity index is 2.17. The number of halogens is 1. The molecule has 0 unspecified atom stereocenters. The van der Waals surface area contributed by atoms with Crippen LogP contribution in [0.4, 0.5) is 5.69 Å². The van der Waals surface area contributed by atoms with E-state index in [2.05, 4.69) is 15.3 Å². The summed E-state index contributed by atoms with van der Waals surface area (Å²) < 4.78 is 0. The quantitative estimate of drug-likeness (QED) is 0.801. The number of aryl methyl sites for hydroxylation is 1. The van der Waals surface area contributed by atoms with Crippen LogP contribution in [0.3, 0.4) is 0 Å². The summed E-state index contributed by atoms with van der Waals surface area (Å²) in [4.78, 5) is 17.8. The fourth-order valence-corrected chi connectivity index (χ4v) is 2.75. The lowest BCUT2D eigenvalue weighted by Gasteiger charge is -2.18. The Hall–Kier alpha value is -1.39. The average Bonchev–Trinajstić information content (AvgIpc) is 2.74. The number of hydrogen-bond donors (Lipinski definition) is 0. The molecule has 1 aromatic carbocycles. The highest BCUT2D eigenvalue weighted by Crippen LogP contribution is 2.24. The number of carbonyl (C=O) groups excluding carboxylic acids is 1. The monoisotopic (exact) mass is 294 g/mol. The highest BCUT2D eigenvalue weighted by Gasteiger charge is 2.09. The number of nitrogens with zero attached hydrogens (tertiary/aromatic N) is 2. The highest BCUT2D eigenvalue weighted by molar-refractivity contribution is 7.09. The van der Waals surface area contributed by atoms with E-state index in [0.717, 1.165) is 22.9 Å². The van der Waals surface area contributed by atoms with Crippen LogP contribution in [0.25, 0.3) is 0 Å². The predicted octanol–water partition coefficient (Wildman–Crippen LogP) is 3.94. The Morgan fingerprint density at radius 2 is 2.21 bits per heavy atom. The molecule has 19 heavy (non-hydrogen) atoms. The molecule has 0 aliphatic carbocycles. The van der Waals surface area contributed by atoms with E-state index in [9.17, 15) is 4.79 Å². The van der Waals surface area contributed by atoms with Crippen molar-refractivity contribution in [3.63, 3.8) is 0 Å². The van der Waals surface area contributed by atoms with E-state index in [1.807, 2.05) is 26.1 Å². The third-order valence-electron chi connectivity index (χ3n) is 2.84. The van der Waals surface area contributed by atoms with E-state index in [4.69, 9.17) is 11.6 Å². The largest absolute Gasteiger partial charge is 0.369 e. The zero-order valence-electron chi connectivity index (χ0n) is 11.1. The molecule has 3 nitrogen and oxygen atoms in total. The number of aromatic nitrogens is 1. The first-order valence-corrected chi connectivity index (χ1v) is 7.16. The fourth-order valence-electron chi connectivity index (χ4n) is 1.84. The minimum absolute atomic E-state index is 0.0191. The van der Waals surface area contributed by atoms with Gasteiger partial charge in [0.2, 0.25) is 0 Å². The summed E-state index contributed by atoms with van der Waals surface area (Å²) in [7, 11) is 1.98. The van der Waals surface area contributed by atoms with Gasteiger partial charge >= 0.3 is 0 Å². The number of benzene rings is 1. The highest BCUT2D eigenvalue weighted by atomic mass is 35.5. The van der Waals surface area contributed by atoms with Crippen molar-refractivity contribution in [3.05, 3.63) is 44.9 Å². The van der Waals surface area contributed by atoms with Crippen LogP contribution >= 0.6 is 22.9 Å². The third kappa shape index (κ3) is 3.33. The first kappa shape index (κ1) is 14.0. The number of Topliss-reactive ketones (excluding diaryl/α,β-unsaturated/α-hetero) is 1. The molecule has 0 aliphatic heterocycles. The molecule has 2 rings (SSSR count). The predicted molar refractivity (Wildman–Crippen MR) is 80.4 cm³/mol. The molecule has 1 aromatic heterocycles. The molecule has 0 amide bonds. The molecule has 0 aliphatic rings. The van der Waals surface area contributed by atoms with E-state index in [0.29, 0.717) is 10.6 Å². The van der Waals surface area contributed by atoms with Crippen LogP contribution in [-0.4, -0.2) is 17.8 Å². The second-order valence-corrected chi connectivity index (χ2v) is 5.90. The van der Waals surface area contributed by atoms with Crippen molar-refractivity contribution in [1.82, 2.24) is 4.98 Å². The summed E-state index contributed by atoms with van der Waals surface area (Å²) in [6, 6.07) is 5.49. The smallest absolute Gasteiger partial charge is 0.161 e. The van der Waals surface area contributed by atoms with E-state index in [1.54, 1.807) is 17.4 Å². The van der Waals surface area contributed by atoms with Gasteiger partial charge in [-0.15, -0.1) is 11.3 Å². The number of hydrogen-bond acceptors (Lipinski definition) is 4. The van der Waals surface area contributed by atoms with Gasteiger partial charge in [-0.2, -0.15) is 0 Å². The van der Waals surface area contributed by atoms with Gasteiger partial charge in [0.25, 0.3) is 0 Å². The van der Waals surface area contributed by atoms with Crippen molar-refractivity contribution in [1.29, 1.82) is 0 Å². The summed E-state index contributed by atoms with van der Waals surface area (Å²) in [5.41, 5.74) is 2.57. The standard InChI is InChI=1S/C14H15ClN2OS/c1-9(18)13-5-4-12(6-14(13)15)17(3)7-11-8-19-10(2)16-11/h4-6,8H,7H2,1-3H3. The maximum Gasteiger partial charge on any atom is 0.161 e. The van der Waals surface area contributed by atoms with Crippen molar-refractivity contribution in [3.8, 4) is 0 Å². The Morgan fingerprint density at radius 1 is 1.47 bits per heavy atom. The van der Waals surface area contributed by atoms with Crippen LogP contribution in [0, 0.1) is 6.92 Å². The van der Waals surface area contributed by atoms with Crippen LogP contribution in [0.15, 0.2) is 23.6 Å². The van der Waals surface area contributed by atoms with Gasteiger partial charge in [0.1, 0.15) is 0 Å².